The maximum Gasteiger partial charge on any atom is 0.00726 e. The molecule has 1 N–H and O–H groups in total. The highest BCUT2D eigenvalue weighted by Gasteiger charge is 2.19. The van der Waals surface area contributed by atoms with Crippen molar-refractivity contribution in [3.8, 4) is 0 Å². The summed E-state index contributed by atoms with van der Waals surface area (Å²) in [5.74, 6) is 2.25. The molecule has 0 aromatic heterocycles. The molecular weight excluding hydrogens is 240 g/mol. The van der Waals surface area contributed by atoms with Crippen LogP contribution < -0.4 is 5.32 Å². The molecule has 2 saturated heterocycles. The highest BCUT2D eigenvalue weighted by atomic mass is 35.5. The number of rotatable bonds is 2. The lowest BCUT2D eigenvalue weighted by molar-refractivity contribution is 0.218. The first-order valence-corrected chi connectivity index (χ1v) is 7.44. The van der Waals surface area contributed by atoms with Crippen LogP contribution in [0.2, 0.25) is 0 Å². The fraction of sp³-hybridized carbons (Fsp3) is 1.00. The van der Waals surface area contributed by atoms with Crippen molar-refractivity contribution in [2.45, 2.75) is 31.4 Å². The summed E-state index contributed by atoms with van der Waals surface area (Å²) in [6.07, 6.45) is 4.20. The maximum atomic E-state index is 3.52. The molecule has 0 aromatic carbocycles. The van der Waals surface area contributed by atoms with Crippen molar-refractivity contribution in [2.24, 2.45) is 5.92 Å². The van der Waals surface area contributed by atoms with E-state index in [1.54, 1.807) is 0 Å². The van der Waals surface area contributed by atoms with Gasteiger partial charge in [0.2, 0.25) is 0 Å². The molecule has 2 heterocycles. The smallest absolute Gasteiger partial charge is 0.00726 e. The second-order valence-electron chi connectivity index (χ2n) is 4.98. The normalized spacial score (nSPS) is 32.8. The summed E-state index contributed by atoms with van der Waals surface area (Å²) < 4.78 is 0. The Hall–Kier alpha value is 0.560. The van der Waals surface area contributed by atoms with Gasteiger partial charge >= 0.3 is 0 Å². The van der Waals surface area contributed by atoms with Crippen LogP contribution in [0, 0.1) is 5.92 Å². The monoisotopic (exact) mass is 264 g/mol. The number of thioether (sulfide) groups is 1. The molecule has 2 unspecified atom stereocenters. The van der Waals surface area contributed by atoms with Gasteiger partial charge in [-0.2, -0.15) is 11.8 Å². The van der Waals surface area contributed by atoms with E-state index in [-0.39, 0.29) is 12.4 Å². The average Bonchev–Trinajstić information content (AvgIpc) is 2.46. The zero-order valence-electron chi connectivity index (χ0n) is 10.3. The maximum absolute atomic E-state index is 3.52. The van der Waals surface area contributed by atoms with E-state index in [9.17, 15) is 0 Å². The van der Waals surface area contributed by atoms with E-state index in [0.717, 1.165) is 11.2 Å². The summed E-state index contributed by atoms with van der Waals surface area (Å²) in [6, 6.07) is 0. The van der Waals surface area contributed by atoms with E-state index in [1.165, 1.54) is 57.7 Å². The first-order chi connectivity index (χ1) is 7.34. The molecule has 2 aliphatic rings. The van der Waals surface area contributed by atoms with Crippen LogP contribution in [0.4, 0.5) is 0 Å². The van der Waals surface area contributed by atoms with Gasteiger partial charge in [0, 0.05) is 24.1 Å². The quantitative estimate of drug-likeness (QED) is 0.824. The molecule has 0 spiro atoms. The number of nitrogens with zero attached hydrogens (tertiary/aromatic N) is 1. The van der Waals surface area contributed by atoms with Gasteiger partial charge in [-0.15, -0.1) is 12.4 Å². The lowest BCUT2D eigenvalue weighted by atomic mass is 9.99. The molecule has 2 rings (SSSR count). The Morgan fingerprint density at radius 2 is 2.19 bits per heavy atom. The molecule has 0 aliphatic carbocycles. The minimum Gasteiger partial charge on any atom is -0.316 e. The van der Waals surface area contributed by atoms with Crippen LogP contribution in [-0.2, 0) is 0 Å². The Bertz CT molecular complexity index is 186. The predicted molar refractivity (Wildman–Crippen MR) is 75.8 cm³/mol. The van der Waals surface area contributed by atoms with Gasteiger partial charge in [0.05, 0.1) is 0 Å². The Kier molecular flexibility index (Phi) is 7.13. The number of piperidine rings is 1. The third-order valence-electron chi connectivity index (χ3n) is 3.58. The Morgan fingerprint density at radius 1 is 1.31 bits per heavy atom. The molecule has 16 heavy (non-hydrogen) atoms. The molecule has 0 radical (unpaired) electrons. The van der Waals surface area contributed by atoms with Crippen LogP contribution in [0.3, 0.4) is 0 Å². The summed E-state index contributed by atoms with van der Waals surface area (Å²) in [5.41, 5.74) is 0. The summed E-state index contributed by atoms with van der Waals surface area (Å²) in [4.78, 5) is 2.69. The van der Waals surface area contributed by atoms with E-state index in [0.29, 0.717) is 0 Å². The van der Waals surface area contributed by atoms with Crippen molar-refractivity contribution in [3.63, 3.8) is 0 Å². The van der Waals surface area contributed by atoms with Gasteiger partial charge in [0.15, 0.2) is 0 Å². The van der Waals surface area contributed by atoms with Gasteiger partial charge in [-0.1, -0.05) is 6.92 Å². The summed E-state index contributed by atoms with van der Waals surface area (Å²) in [7, 11) is 0. The van der Waals surface area contributed by atoms with E-state index >= 15 is 0 Å². The average molecular weight is 265 g/mol. The van der Waals surface area contributed by atoms with Crippen molar-refractivity contribution in [1.29, 1.82) is 0 Å². The molecule has 4 heteroatoms. The summed E-state index contributed by atoms with van der Waals surface area (Å²) >= 11 is 2.15. The van der Waals surface area contributed by atoms with Gasteiger partial charge in [-0.3, -0.25) is 0 Å². The molecule has 0 amide bonds. The highest BCUT2D eigenvalue weighted by Crippen LogP contribution is 2.20. The second kappa shape index (κ2) is 7.80. The Labute approximate surface area is 110 Å². The van der Waals surface area contributed by atoms with Gasteiger partial charge in [0.25, 0.3) is 0 Å². The van der Waals surface area contributed by atoms with Crippen molar-refractivity contribution in [2.75, 3.05) is 38.5 Å². The van der Waals surface area contributed by atoms with Crippen molar-refractivity contribution < 1.29 is 0 Å². The molecule has 96 valence electrons. The zero-order valence-corrected chi connectivity index (χ0v) is 11.9. The Balaban J connectivity index is 0.00000128. The van der Waals surface area contributed by atoms with Crippen LogP contribution in [0.5, 0.6) is 0 Å². The zero-order chi connectivity index (χ0) is 10.5. The molecule has 0 bridgehead atoms. The fourth-order valence-corrected chi connectivity index (χ4v) is 3.61. The molecular formula is C12H25ClN2S. The van der Waals surface area contributed by atoms with Crippen molar-refractivity contribution in [1.82, 2.24) is 10.2 Å². The molecule has 2 fully saturated rings. The first kappa shape index (κ1) is 14.6. The molecule has 2 atom stereocenters. The van der Waals surface area contributed by atoms with Crippen molar-refractivity contribution in [3.05, 3.63) is 0 Å². The number of hydrogen-bond acceptors (Lipinski definition) is 3. The summed E-state index contributed by atoms with van der Waals surface area (Å²) in [5, 5.41) is 4.39. The fourth-order valence-electron chi connectivity index (χ4n) is 2.57. The third kappa shape index (κ3) is 4.82. The largest absolute Gasteiger partial charge is 0.316 e. The highest BCUT2D eigenvalue weighted by molar-refractivity contribution is 7.99. The molecule has 2 nitrogen and oxygen atoms in total. The van der Waals surface area contributed by atoms with Gasteiger partial charge in [-0.25, -0.2) is 0 Å². The van der Waals surface area contributed by atoms with Crippen LogP contribution in [0.1, 0.15) is 26.2 Å². The predicted octanol–water partition coefficient (Wildman–Crippen LogP) is 2.24. The van der Waals surface area contributed by atoms with E-state index < -0.39 is 0 Å². The van der Waals surface area contributed by atoms with E-state index in [1.807, 2.05) is 0 Å². The Morgan fingerprint density at radius 3 is 2.94 bits per heavy atom. The van der Waals surface area contributed by atoms with Gasteiger partial charge < -0.3 is 10.2 Å². The number of halogens is 1. The van der Waals surface area contributed by atoms with Crippen LogP contribution in [0.25, 0.3) is 0 Å². The van der Waals surface area contributed by atoms with Crippen LogP contribution in [0.15, 0.2) is 0 Å². The van der Waals surface area contributed by atoms with E-state index in [4.69, 9.17) is 0 Å². The first-order valence-electron chi connectivity index (χ1n) is 6.39. The lowest BCUT2D eigenvalue weighted by Gasteiger charge is -2.29. The number of nitrogens with one attached hydrogen (secondary N) is 1. The minimum absolute atomic E-state index is 0. The van der Waals surface area contributed by atoms with Gasteiger partial charge in [-0.05, 0) is 44.8 Å². The van der Waals surface area contributed by atoms with Crippen LogP contribution in [-0.4, -0.2) is 48.6 Å². The van der Waals surface area contributed by atoms with Gasteiger partial charge in [0.1, 0.15) is 0 Å². The summed E-state index contributed by atoms with van der Waals surface area (Å²) in [6.45, 7) is 8.83. The van der Waals surface area contributed by atoms with E-state index in [2.05, 4.69) is 28.9 Å². The number of hydrogen-bond donors (Lipinski definition) is 1. The lowest BCUT2D eigenvalue weighted by Crippen LogP contribution is -2.39. The third-order valence-corrected chi connectivity index (χ3v) is 4.80. The molecule has 2 aliphatic heterocycles. The molecule has 0 saturated carbocycles. The van der Waals surface area contributed by atoms with Crippen LogP contribution >= 0.6 is 24.2 Å². The second-order valence-corrected chi connectivity index (χ2v) is 6.53. The van der Waals surface area contributed by atoms with Crippen molar-refractivity contribution >= 4 is 24.2 Å². The topological polar surface area (TPSA) is 15.3 Å². The standard InChI is InChI=1S/C12H24N2S.ClH/c1-11-4-6-14(7-8-15-11)10-12-3-2-5-13-9-12;/h11-13H,2-10H2,1H3;1H. The minimum atomic E-state index is 0. The SMILES string of the molecule is CC1CCN(CC2CCCNC2)CCS1.Cl. The molecule has 0 aromatic rings.